The van der Waals surface area contributed by atoms with E-state index in [0.29, 0.717) is 22.1 Å². The van der Waals surface area contributed by atoms with Crippen molar-refractivity contribution in [2.75, 3.05) is 7.11 Å². The molecule has 0 fully saturated rings. The molecule has 0 atom stereocenters. The summed E-state index contributed by atoms with van der Waals surface area (Å²) in [4.78, 5) is 0. The number of methoxy groups -OCH3 is 1. The van der Waals surface area contributed by atoms with Crippen LogP contribution in [0, 0.1) is 0 Å². The first-order chi connectivity index (χ1) is 9.76. The van der Waals surface area contributed by atoms with Crippen molar-refractivity contribution in [3.05, 3.63) is 42.0 Å². The van der Waals surface area contributed by atoms with Gasteiger partial charge < -0.3 is 4.74 Å². The van der Waals surface area contributed by atoms with Crippen LogP contribution in [0.25, 0.3) is 10.8 Å². The van der Waals surface area contributed by atoms with E-state index in [9.17, 15) is 21.6 Å². The lowest BCUT2D eigenvalue weighted by Gasteiger charge is -2.12. The molecule has 0 amide bonds. The highest BCUT2D eigenvalue weighted by Crippen LogP contribution is 2.30. The summed E-state index contributed by atoms with van der Waals surface area (Å²) in [5.74, 6) is 0.535. The van der Waals surface area contributed by atoms with Gasteiger partial charge in [0.1, 0.15) is 5.75 Å². The first-order valence-corrected chi connectivity index (χ1v) is 7.17. The van der Waals surface area contributed by atoms with Crippen LogP contribution in [0.4, 0.5) is 13.2 Å². The molecule has 0 N–H and O–H groups in total. The van der Waals surface area contributed by atoms with Crippen LogP contribution in [-0.4, -0.2) is 21.0 Å². The molecule has 0 saturated heterocycles. The Kier molecular flexibility index (Phi) is 4.11. The maximum Gasteiger partial charge on any atom is 0.523 e. The molecule has 114 valence electrons. The molecule has 0 bridgehead atoms. The van der Waals surface area contributed by atoms with Gasteiger partial charge in [0.15, 0.2) is 0 Å². The molecule has 0 aliphatic rings. The lowest BCUT2D eigenvalue weighted by atomic mass is 10.0. The highest BCUT2D eigenvalue weighted by Gasteiger charge is 2.47. The molecule has 0 heterocycles. The number of alkyl halides is 3. The van der Waals surface area contributed by atoms with Gasteiger partial charge in [0.25, 0.3) is 0 Å². The minimum Gasteiger partial charge on any atom is -0.496 e. The van der Waals surface area contributed by atoms with Gasteiger partial charge in [0.2, 0.25) is 0 Å². The van der Waals surface area contributed by atoms with Crippen LogP contribution >= 0.6 is 0 Å². The summed E-state index contributed by atoms with van der Waals surface area (Å²) in [5, 5.41) is 1.22. The quantitative estimate of drug-likeness (QED) is 0.641. The van der Waals surface area contributed by atoms with Crippen molar-refractivity contribution in [1.82, 2.24) is 0 Å². The van der Waals surface area contributed by atoms with Crippen LogP contribution < -0.4 is 4.74 Å². The normalized spacial score (nSPS) is 12.6. The molecule has 2 aromatic carbocycles. The second-order valence-electron chi connectivity index (χ2n) is 4.13. The highest BCUT2D eigenvalue weighted by atomic mass is 32.2. The summed E-state index contributed by atoms with van der Waals surface area (Å²) in [6, 6.07) is 9.80. The largest absolute Gasteiger partial charge is 0.523 e. The minimum atomic E-state index is -5.61. The molecule has 4 nitrogen and oxygen atoms in total. The first-order valence-electron chi connectivity index (χ1n) is 5.76. The monoisotopic (exact) mass is 320 g/mol. The summed E-state index contributed by atoms with van der Waals surface area (Å²) in [5.41, 5.74) is -5.12. The van der Waals surface area contributed by atoms with Crippen LogP contribution in [0.1, 0.15) is 5.56 Å². The number of hydrogen-bond donors (Lipinski definition) is 0. The van der Waals surface area contributed by atoms with Gasteiger partial charge in [-0.25, -0.2) is 0 Å². The Labute approximate surface area is 119 Å². The Morgan fingerprint density at radius 2 is 1.67 bits per heavy atom. The Morgan fingerprint density at radius 1 is 1.05 bits per heavy atom. The smallest absolute Gasteiger partial charge is 0.496 e. The fraction of sp³-hybridized carbons (Fsp3) is 0.231. The van der Waals surface area contributed by atoms with Gasteiger partial charge in [0.05, 0.1) is 13.7 Å². The highest BCUT2D eigenvalue weighted by molar-refractivity contribution is 7.87. The number of benzene rings is 2. The number of fused-ring (bicyclic) bond motifs is 1. The van der Waals surface area contributed by atoms with Crippen LogP contribution in [-0.2, 0) is 20.9 Å². The van der Waals surface area contributed by atoms with Gasteiger partial charge in [0, 0.05) is 5.39 Å². The third-order valence-corrected chi connectivity index (χ3v) is 3.84. The number of halogens is 3. The Hall–Kier alpha value is -1.80. The Bertz CT molecular complexity index is 754. The molecule has 0 spiro atoms. The average Bonchev–Trinajstić information content (AvgIpc) is 2.43. The van der Waals surface area contributed by atoms with E-state index in [1.807, 2.05) is 0 Å². The van der Waals surface area contributed by atoms with Crippen molar-refractivity contribution in [2.45, 2.75) is 12.1 Å². The van der Waals surface area contributed by atoms with E-state index in [1.54, 1.807) is 30.3 Å². The molecule has 0 radical (unpaired) electrons. The van der Waals surface area contributed by atoms with Crippen LogP contribution in [0.3, 0.4) is 0 Å². The minimum absolute atomic E-state index is 0.319. The van der Waals surface area contributed by atoms with Crippen LogP contribution in [0.15, 0.2) is 36.4 Å². The third kappa shape index (κ3) is 3.11. The van der Waals surface area contributed by atoms with E-state index < -0.39 is 22.2 Å². The second kappa shape index (κ2) is 5.53. The summed E-state index contributed by atoms with van der Waals surface area (Å²) >= 11 is 0. The van der Waals surface area contributed by atoms with Crippen molar-refractivity contribution >= 4 is 20.9 Å². The maximum absolute atomic E-state index is 12.2. The maximum atomic E-state index is 12.2. The van der Waals surface area contributed by atoms with E-state index in [2.05, 4.69) is 4.18 Å². The first kappa shape index (κ1) is 15.6. The van der Waals surface area contributed by atoms with E-state index in [-0.39, 0.29) is 0 Å². The molecule has 0 unspecified atom stereocenters. The van der Waals surface area contributed by atoms with Crippen molar-refractivity contribution in [2.24, 2.45) is 0 Å². The topological polar surface area (TPSA) is 52.6 Å². The van der Waals surface area contributed by atoms with Gasteiger partial charge in [-0.2, -0.15) is 21.6 Å². The zero-order chi connectivity index (χ0) is 15.7. The van der Waals surface area contributed by atoms with Gasteiger partial charge in [-0.05, 0) is 17.0 Å². The predicted octanol–water partition coefficient (Wildman–Crippen LogP) is 3.21. The third-order valence-electron chi connectivity index (χ3n) is 2.85. The fourth-order valence-corrected chi connectivity index (χ4v) is 2.26. The van der Waals surface area contributed by atoms with E-state index in [0.717, 1.165) is 0 Å². The van der Waals surface area contributed by atoms with Crippen molar-refractivity contribution in [1.29, 1.82) is 0 Å². The molecule has 2 rings (SSSR count). The zero-order valence-corrected chi connectivity index (χ0v) is 11.7. The number of rotatable bonds is 4. The van der Waals surface area contributed by atoms with E-state index >= 15 is 0 Å². The molecule has 2 aromatic rings. The van der Waals surface area contributed by atoms with Gasteiger partial charge in [-0.3, -0.25) is 4.18 Å². The summed E-state index contributed by atoms with van der Waals surface area (Å²) in [6.07, 6.45) is 0. The molecule has 0 aromatic heterocycles. The van der Waals surface area contributed by atoms with Gasteiger partial charge in [-0.15, -0.1) is 0 Å². The molecular weight excluding hydrogens is 309 g/mol. The van der Waals surface area contributed by atoms with Crippen molar-refractivity contribution in [3.8, 4) is 5.75 Å². The molecule has 0 saturated carbocycles. The van der Waals surface area contributed by atoms with Crippen LogP contribution in [0.5, 0.6) is 5.75 Å². The second-order valence-corrected chi connectivity index (χ2v) is 5.74. The summed E-state index contributed by atoms with van der Waals surface area (Å²) in [7, 11) is -4.15. The van der Waals surface area contributed by atoms with Crippen molar-refractivity contribution in [3.63, 3.8) is 0 Å². The molecular formula is C13H11F3O4S. The van der Waals surface area contributed by atoms with Crippen molar-refractivity contribution < 1.29 is 30.5 Å². The Balaban J connectivity index is 2.37. The molecule has 0 aliphatic heterocycles. The van der Waals surface area contributed by atoms with E-state index in [1.165, 1.54) is 13.2 Å². The lowest BCUT2D eigenvalue weighted by molar-refractivity contribution is -0.0547. The standard InChI is InChI=1S/C13H11F3O4S/c1-19-12-7-6-9(10-4-2-3-5-11(10)12)8-20-21(17,18)13(14,15)16/h2-7H,8H2,1H3. The van der Waals surface area contributed by atoms with E-state index in [4.69, 9.17) is 4.74 Å². The zero-order valence-electron chi connectivity index (χ0n) is 10.8. The SMILES string of the molecule is COc1ccc(COS(=O)(=O)C(F)(F)F)c2ccccc12. The summed E-state index contributed by atoms with van der Waals surface area (Å²) in [6.45, 7) is -0.702. The predicted molar refractivity (Wildman–Crippen MR) is 70.3 cm³/mol. The van der Waals surface area contributed by atoms with Gasteiger partial charge in [-0.1, -0.05) is 30.3 Å². The average molecular weight is 320 g/mol. The molecule has 21 heavy (non-hydrogen) atoms. The fourth-order valence-electron chi connectivity index (χ4n) is 1.85. The number of ether oxygens (including phenoxy) is 1. The lowest BCUT2D eigenvalue weighted by Crippen LogP contribution is -2.25. The van der Waals surface area contributed by atoms with Gasteiger partial charge >= 0.3 is 15.6 Å². The van der Waals surface area contributed by atoms with Crippen LogP contribution in [0.2, 0.25) is 0 Å². The Morgan fingerprint density at radius 3 is 2.24 bits per heavy atom. The molecule has 0 aliphatic carbocycles. The summed E-state index contributed by atoms with van der Waals surface area (Å²) < 4.78 is 67.7. The molecule has 8 heteroatoms. The number of hydrogen-bond acceptors (Lipinski definition) is 4.